The maximum atomic E-state index is 12.8. The molecular weight excluding hydrogens is 365 g/mol. The third kappa shape index (κ3) is 3.87. The Morgan fingerprint density at radius 3 is 2.59 bits per heavy atom. The number of methoxy groups -OCH3 is 2. The van der Waals surface area contributed by atoms with E-state index in [0.29, 0.717) is 12.2 Å². The first-order valence-corrected chi connectivity index (χ1v) is 8.61. The van der Waals surface area contributed by atoms with Crippen LogP contribution in [0.2, 0.25) is 0 Å². The minimum absolute atomic E-state index is 0.151. The molecule has 1 aliphatic heterocycles. The van der Waals surface area contributed by atoms with Gasteiger partial charge >= 0.3 is 6.18 Å². The number of benzene rings is 1. The van der Waals surface area contributed by atoms with Gasteiger partial charge in [0, 0.05) is 13.5 Å². The number of hydrogen-bond acceptors (Lipinski definition) is 4. The minimum atomic E-state index is -4.51. The Kier molecular flexibility index (Phi) is 5.32. The van der Waals surface area contributed by atoms with Gasteiger partial charge in [-0.05, 0) is 36.1 Å². The fourth-order valence-electron chi connectivity index (χ4n) is 3.67. The smallest absolute Gasteiger partial charge is 0.408 e. The molecule has 0 bridgehead atoms. The van der Waals surface area contributed by atoms with E-state index in [4.69, 9.17) is 9.47 Å². The van der Waals surface area contributed by atoms with Crippen molar-refractivity contribution in [1.82, 2.24) is 10.6 Å². The van der Waals surface area contributed by atoms with Crippen molar-refractivity contribution in [1.29, 1.82) is 0 Å². The van der Waals surface area contributed by atoms with Crippen LogP contribution >= 0.6 is 0 Å². The summed E-state index contributed by atoms with van der Waals surface area (Å²) < 4.78 is 48.9. The molecular formula is C18H21F3N2O4. The van der Waals surface area contributed by atoms with Crippen LogP contribution in [-0.2, 0) is 20.7 Å². The van der Waals surface area contributed by atoms with Gasteiger partial charge in [0.2, 0.25) is 11.8 Å². The Morgan fingerprint density at radius 1 is 1.26 bits per heavy atom. The van der Waals surface area contributed by atoms with Gasteiger partial charge in [-0.1, -0.05) is 6.07 Å². The second-order valence-electron chi connectivity index (χ2n) is 6.76. The van der Waals surface area contributed by atoms with Crippen LogP contribution in [0.3, 0.4) is 0 Å². The van der Waals surface area contributed by atoms with Crippen molar-refractivity contribution in [2.24, 2.45) is 5.92 Å². The fraction of sp³-hybridized carbons (Fsp3) is 0.556. The molecule has 4 atom stereocenters. The first-order chi connectivity index (χ1) is 12.7. The van der Waals surface area contributed by atoms with Crippen molar-refractivity contribution in [3.63, 3.8) is 0 Å². The van der Waals surface area contributed by atoms with E-state index in [1.165, 1.54) is 7.11 Å². The monoisotopic (exact) mass is 386 g/mol. The molecule has 0 radical (unpaired) electrons. The maximum Gasteiger partial charge on any atom is 0.408 e. The average Bonchev–Trinajstić information content (AvgIpc) is 2.97. The lowest BCUT2D eigenvalue weighted by atomic mass is 9.92. The first-order valence-electron chi connectivity index (χ1n) is 8.61. The second kappa shape index (κ2) is 7.38. The molecule has 2 N–H and O–H groups in total. The average molecular weight is 386 g/mol. The van der Waals surface area contributed by atoms with Gasteiger partial charge in [0.15, 0.2) is 0 Å². The molecule has 1 aromatic rings. The van der Waals surface area contributed by atoms with Crippen molar-refractivity contribution in [3.05, 3.63) is 29.3 Å². The van der Waals surface area contributed by atoms with Gasteiger partial charge < -0.3 is 20.1 Å². The zero-order valence-electron chi connectivity index (χ0n) is 14.9. The molecule has 148 valence electrons. The lowest BCUT2D eigenvalue weighted by Gasteiger charge is -2.31. The molecule has 27 heavy (non-hydrogen) atoms. The van der Waals surface area contributed by atoms with Crippen molar-refractivity contribution in [2.75, 3.05) is 14.2 Å². The van der Waals surface area contributed by atoms with E-state index in [0.717, 1.165) is 11.1 Å². The number of rotatable bonds is 4. The molecule has 1 heterocycles. The standard InChI is InChI=1S/C18H21F3N2O4/c1-26-10-3-4-11-9(7-10)8-13(27-2)15(11)23-17(25)12-5-6-14(18(19,20)21)22-16(12)24/h3-4,7,12-15H,5-6,8H2,1-2H3,(H,22,24)(H,23,25). The second-order valence-corrected chi connectivity index (χ2v) is 6.76. The van der Waals surface area contributed by atoms with Crippen LogP contribution in [-0.4, -0.2) is 44.4 Å². The highest BCUT2D eigenvalue weighted by Gasteiger charge is 2.46. The highest BCUT2D eigenvalue weighted by molar-refractivity contribution is 6.01. The van der Waals surface area contributed by atoms with Crippen molar-refractivity contribution in [2.45, 2.75) is 43.6 Å². The van der Waals surface area contributed by atoms with Gasteiger partial charge in [-0.2, -0.15) is 13.2 Å². The summed E-state index contributed by atoms with van der Waals surface area (Å²) >= 11 is 0. The molecule has 0 aromatic heterocycles. The zero-order valence-corrected chi connectivity index (χ0v) is 14.9. The Balaban J connectivity index is 1.72. The molecule has 1 saturated heterocycles. The van der Waals surface area contributed by atoms with E-state index >= 15 is 0 Å². The molecule has 2 aliphatic rings. The number of halogens is 3. The molecule has 0 spiro atoms. The van der Waals surface area contributed by atoms with Crippen LogP contribution in [0.1, 0.15) is 30.0 Å². The Labute approximate surface area is 154 Å². The summed E-state index contributed by atoms with van der Waals surface area (Å²) in [6.45, 7) is 0. The zero-order chi connectivity index (χ0) is 19.8. The van der Waals surface area contributed by atoms with Crippen LogP contribution in [0, 0.1) is 5.92 Å². The number of carbonyl (C=O) groups is 2. The summed E-state index contributed by atoms with van der Waals surface area (Å²) in [5, 5.41) is 4.68. The predicted octanol–water partition coefficient (Wildman–Crippen LogP) is 1.88. The molecule has 2 amide bonds. The van der Waals surface area contributed by atoms with Crippen LogP contribution in [0.15, 0.2) is 18.2 Å². The molecule has 9 heteroatoms. The Bertz CT molecular complexity index is 738. The Hall–Kier alpha value is -2.29. The van der Waals surface area contributed by atoms with Gasteiger partial charge in [-0.25, -0.2) is 0 Å². The molecule has 1 fully saturated rings. The SMILES string of the molecule is COc1ccc2c(c1)CC(OC)C2NC(=O)C1CCC(C(F)(F)F)NC1=O. The molecule has 3 rings (SSSR count). The van der Waals surface area contributed by atoms with Gasteiger partial charge in [0.25, 0.3) is 0 Å². The van der Waals surface area contributed by atoms with E-state index in [9.17, 15) is 22.8 Å². The van der Waals surface area contributed by atoms with Crippen molar-refractivity contribution < 1.29 is 32.2 Å². The van der Waals surface area contributed by atoms with Crippen LogP contribution in [0.25, 0.3) is 0 Å². The lowest BCUT2D eigenvalue weighted by molar-refractivity contribution is -0.171. The minimum Gasteiger partial charge on any atom is -0.497 e. The third-order valence-corrected chi connectivity index (χ3v) is 5.17. The summed E-state index contributed by atoms with van der Waals surface area (Å²) in [6, 6.07) is 3.06. The molecule has 4 unspecified atom stereocenters. The number of hydrogen-bond donors (Lipinski definition) is 2. The number of carbonyl (C=O) groups excluding carboxylic acids is 2. The summed E-state index contributed by atoms with van der Waals surface area (Å²) in [5.74, 6) is -1.96. The van der Waals surface area contributed by atoms with Gasteiger partial charge in [0.05, 0.1) is 19.3 Å². The number of ether oxygens (including phenoxy) is 2. The first kappa shape index (κ1) is 19.5. The Morgan fingerprint density at radius 2 is 2.00 bits per heavy atom. The van der Waals surface area contributed by atoms with E-state index in [-0.39, 0.29) is 18.9 Å². The van der Waals surface area contributed by atoms with Crippen LogP contribution in [0.5, 0.6) is 5.75 Å². The highest BCUT2D eigenvalue weighted by Crippen LogP contribution is 2.36. The van der Waals surface area contributed by atoms with Crippen molar-refractivity contribution >= 4 is 11.8 Å². The number of piperidine rings is 1. The number of amides is 2. The summed E-state index contributed by atoms with van der Waals surface area (Å²) in [6.07, 6.45) is -4.75. The van der Waals surface area contributed by atoms with E-state index < -0.39 is 36.0 Å². The van der Waals surface area contributed by atoms with Crippen LogP contribution in [0.4, 0.5) is 13.2 Å². The van der Waals surface area contributed by atoms with E-state index in [1.54, 1.807) is 13.2 Å². The third-order valence-electron chi connectivity index (χ3n) is 5.17. The number of fused-ring (bicyclic) bond motifs is 1. The fourth-order valence-corrected chi connectivity index (χ4v) is 3.67. The van der Waals surface area contributed by atoms with Gasteiger partial charge in [-0.15, -0.1) is 0 Å². The maximum absolute atomic E-state index is 12.8. The summed E-state index contributed by atoms with van der Waals surface area (Å²) in [5.41, 5.74) is 1.80. The van der Waals surface area contributed by atoms with Gasteiger partial charge in [0.1, 0.15) is 17.7 Å². The number of nitrogens with one attached hydrogen (secondary N) is 2. The molecule has 6 nitrogen and oxygen atoms in total. The summed E-state index contributed by atoms with van der Waals surface area (Å²) in [4.78, 5) is 24.6. The largest absolute Gasteiger partial charge is 0.497 e. The predicted molar refractivity (Wildman–Crippen MR) is 89.1 cm³/mol. The normalized spacial score (nSPS) is 27.7. The van der Waals surface area contributed by atoms with Crippen LogP contribution < -0.4 is 15.4 Å². The van der Waals surface area contributed by atoms with Gasteiger partial charge in [-0.3, -0.25) is 9.59 Å². The van der Waals surface area contributed by atoms with E-state index in [1.807, 2.05) is 17.4 Å². The molecule has 0 saturated carbocycles. The molecule has 1 aliphatic carbocycles. The van der Waals surface area contributed by atoms with Crippen molar-refractivity contribution in [3.8, 4) is 5.75 Å². The number of alkyl halides is 3. The molecule has 1 aromatic carbocycles. The summed E-state index contributed by atoms with van der Waals surface area (Å²) in [7, 11) is 3.08. The highest BCUT2D eigenvalue weighted by atomic mass is 19.4. The lowest BCUT2D eigenvalue weighted by Crippen LogP contribution is -2.55. The quantitative estimate of drug-likeness (QED) is 0.775. The van der Waals surface area contributed by atoms with E-state index in [2.05, 4.69) is 5.32 Å². The topological polar surface area (TPSA) is 76.7 Å².